The summed E-state index contributed by atoms with van der Waals surface area (Å²) in [5.41, 5.74) is 2.60. The van der Waals surface area contributed by atoms with E-state index in [9.17, 15) is 9.59 Å². The molecule has 1 heterocycles. The van der Waals surface area contributed by atoms with Gasteiger partial charge < -0.3 is 24.0 Å². The van der Waals surface area contributed by atoms with Crippen LogP contribution in [0.2, 0.25) is 0 Å². The Kier molecular flexibility index (Phi) is 9.37. The van der Waals surface area contributed by atoms with Gasteiger partial charge in [-0.25, -0.2) is 4.79 Å². The summed E-state index contributed by atoms with van der Waals surface area (Å²) in [6.07, 6.45) is 7.42. The van der Waals surface area contributed by atoms with Crippen molar-refractivity contribution in [2.24, 2.45) is 5.92 Å². The van der Waals surface area contributed by atoms with E-state index in [1.807, 2.05) is 41.3 Å². The van der Waals surface area contributed by atoms with E-state index in [1.165, 1.54) is 25.7 Å². The molecule has 4 rings (SSSR count). The largest absolute Gasteiger partial charge is 0.496 e. The summed E-state index contributed by atoms with van der Waals surface area (Å²) in [7, 11) is 6.74. The third-order valence-electron chi connectivity index (χ3n) is 7.30. The smallest absolute Gasteiger partial charge is 0.324 e. The Morgan fingerprint density at radius 2 is 1.76 bits per heavy atom. The van der Waals surface area contributed by atoms with Crippen molar-refractivity contribution in [2.75, 3.05) is 52.9 Å². The predicted octanol–water partition coefficient (Wildman–Crippen LogP) is 5.13. The summed E-state index contributed by atoms with van der Waals surface area (Å²) in [6.45, 7) is 2.38. The Morgan fingerprint density at radius 3 is 2.47 bits per heavy atom. The molecule has 1 saturated carbocycles. The van der Waals surface area contributed by atoms with Gasteiger partial charge in [-0.1, -0.05) is 31.4 Å². The summed E-state index contributed by atoms with van der Waals surface area (Å²) in [6, 6.07) is 11.4. The molecule has 2 aromatic carbocycles. The van der Waals surface area contributed by atoms with Gasteiger partial charge in [-0.15, -0.1) is 0 Å². The molecule has 38 heavy (non-hydrogen) atoms. The summed E-state index contributed by atoms with van der Waals surface area (Å²) in [5, 5.41) is 0. The molecule has 0 unspecified atom stereocenters. The average Bonchev–Trinajstić information content (AvgIpc) is 3.74. The first-order chi connectivity index (χ1) is 18.4. The molecule has 0 N–H and O–H groups in total. The monoisotopic (exact) mass is 523 g/mol. The first-order valence-electron chi connectivity index (χ1n) is 13.6. The first-order valence-corrected chi connectivity index (χ1v) is 13.6. The number of carbonyl (C=O) groups excluding carboxylic acids is 2. The summed E-state index contributed by atoms with van der Waals surface area (Å²) >= 11 is 0. The van der Waals surface area contributed by atoms with Crippen LogP contribution in [0.15, 0.2) is 36.4 Å². The van der Waals surface area contributed by atoms with E-state index in [-0.39, 0.29) is 11.9 Å². The van der Waals surface area contributed by atoms with Crippen molar-refractivity contribution in [3.05, 3.63) is 47.5 Å². The van der Waals surface area contributed by atoms with Crippen LogP contribution in [0, 0.1) is 5.92 Å². The number of anilines is 1. The number of hydrogen-bond acceptors (Lipinski definition) is 5. The number of likely N-dealkylation sites (N-methyl/N-ethyl adjacent to an activating group) is 1. The van der Waals surface area contributed by atoms with Crippen LogP contribution in [0.3, 0.4) is 0 Å². The van der Waals surface area contributed by atoms with Gasteiger partial charge in [0.1, 0.15) is 5.75 Å². The second-order valence-electron chi connectivity index (χ2n) is 10.4. The number of nitrogens with zero attached hydrogens (tertiary/aromatic N) is 3. The topological polar surface area (TPSA) is 71.6 Å². The molecule has 2 fully saturated rings. The zero-order valence-electron chi connectivity index (χ0n) is 23.2. The van der Waals surface area contributed by atoms with Crippen LogP contribution in [-0.4, -0.2) is 69.7 Å². The van der Waals surface area contributed by atoms with Crippen molar-refractivity contribution < 1.29 is 23.8 Å². The lowest BCUT2D eigenvalue weighted by Gasteiger charge is -2.36. The van der Waals surface area contributed by atoms with E-state index in [2.05, 4.69) is 0 Å². The SMILES string of the molecule is COc1cc(CC(=O)N(C)C)ccc1CN1CCCN(c2ccc(OC)c(OCCCCC3CC3)c2)C1=O. The highest BCUT2D eigenvalue weighted by atomic mass is 16.5. The number of methoxy groups -OCH3 is 2. The van der Waals surface area contributed by atoms with Crippen LogP contribution < -0.4 is 19.1 Å². The van der Waals surface area contributed by atoms with Crippen molar-refractivity contribution in [3.8, 4) is 17.2 Å². The maximum absolute atomic E-state index is 13.5. The van der Waals surface area contributed by atoms with Gasteiger partial charge in [-0.2, -0.15) is 0 Å². The number of amides is 3. The molecule has 0 aromatic heterocycles. The van der Waals surface area contributed by atoms with E-state index >= 15 is 0 Å². The predicted molar refractivity (Wildman–Crippen MR) is 148 cm³/mol. The molecule has 0 bridgehead atoms. The number of benzene rings is 2. The van der Waals surface area contributed by atoms with Crippen LogP contribution in [0.5, 0.6) is 17.2 Å². The molecule has 1 aliphatic heterocycles. The first kappa shape index (κ1) is 27.6. The van der Waals surface area contributed by atoms with Gasteiger partial charge in [0.05, 0.1) is 33.8 Å². The van der Waals surface area contributed by atoms with E-state index in [1.54, 1.807) is 38.1 Å². The number of urea groups is 1. The minimum atomic E-state index is -0.0503. The fraction of sp³-hybridized carbons (Fsp3) is 0.533. The number of rotatable bonds is 13. The summed E-state index contributed by atoms with van der Waals surface area (Å²) in [5.74, 6) is 3.00. The molecule has 1 aliphatic carbocycles. The van der Waals surface area contributed by atoms with Gasteiger partial charge in [-0.05, 0) is 48.9 Å². The molecule has 1 saturated heterocycles. The highest BCUT2D eigenvalue weighted by Gasteiger charge is 2.28. The van der Waals surface area contributed by atoms with Crippen molar-refractivity contribution >= 4 is 17.6 Å². The summed E-state index contributed by atoms with van der Waals surface area (Å²) < 4.78 is 17.2. The minimum absolute atomic E-state index is 0.0303. The zero-order valence-corrected chi connectivity index (χ0v) is 23.2. The van der Waals surface area contributed by atoms with E-state index in [0.717, 1.165) is 35.6 Å². The van der Waals surface area contributed by atoms with Gasteiger partial charge in [-0.3, -0.25) is 9.69 Å². The third-order valence-corrected chi connectivity index (χ3v) is 7.30. The molecule has 8 nitrogen and oxygen atoms in total. The average molecular weight is 524 g/mol. The Morgan fingerprint density at radius 1 is 0.974 bits per heavy atom. The molecular weight excluding hydrogens is 482 g/mol. The van der Waals surface area contributed by atoms with Gasteiger partial charge in [0.15, 0.2) is 11.5 Å². The Bertz CT molecular complexity index is 1120. The maximum atomic E-state index is 13.5. The molecule has 0 radical (unpaired) electrons. The van der Waals surface area contributed by atoms with E-state index < -0.39 is 0 Å². The highest BCUT2D eigenvalue weighted by molar-refractivity contribution is 5.93. The number of unbranched alkanes of at least 4 members (excludes halogenated alkanes) is 1. The molecule has 3 amide bonds. The van der Waals surface area contributed by atoms with Crippen LogP contribution in [0.1, 0.15) is 49.7 Å². The zero-order chi connectivity index (χ0) is 27.1. The lowest BCUT2D eigenvalue weighted by Crippen LogP contribution is -2.49. The van der Waals surface area contributed by atoms with Gasteiger partial charge in [0.2, 0.25) is 5.91 Å². The van der Waals surface area contributed by atoms with E-state index in [4.69, 9.17) is 14.2 Å². The second-order valence-corrected chi connectivity index (χ2v) is 10.4. The van der Waals surface area contributed by atoms with Crippen molar-refractivity contribution in [1.29, 1.82) is 0 Å². The Labute approximate surface area is 226 Å². The second kappa shape index (κ2) is 12.9. The number of hydrogen-bond donors (Lipinski definition) is 0. The van der Waals surface area contributed by atoms with Crippen LogP contribution >= 0.6 is 0 Å². The number of carbonyl (C=O) groups is 2. The quantitative estimate of drug-likeness (QED) is 0.341. The highest BCUT2D eigenvalue weighted by Crippen LogP contribution is 2.35. The van der Waals surface area contributed by atoms with Gasteiger partial charge >= 0.3 is 6.03 Å². The lowest BCUT2D eigenvalue weighted by atomic mass is 10.1. The van der Waals surface area contributed by atoms with Gasteiger partial charge in [0.25, 0.3) is 0 Å². The van der Waals surface area contributed by atoms with E-state index in [0.29, 0.717) is 49.9 Å². The van der Waals surface area contributed by atoms with Crippen LogP contribution in [-0.2, 0) is 17.8 Å². The van der Waals surface area contributed by atoms with Gasteiger partial charge in [0, 0.05) is 44.5 Å². The Hall–Kier alpha value is -3.42. The Balaban J connectivity index is 1.42. The molecule has 0 atom stereocenters. The van der Waals surface area contributed by atoms with Crippen LogP contribution in [0.4, 0.5) is 10.5 Å². The van der Waals surface area contributed by atoms with Crippen molar-refractivity contribution in [3.63, 3.8) is 0 Å². The van der Waals surface area contributed by atoms with Crippen molar-refractivity contribution in [1.82, 2.24) is 9.80 Å². The summed E-state index contributed by atoms with van der Waals surface area (Å²) in [4.78, 5) is 30.9. The fourth-order valence-electron chi connectivity index (χ4n) is 4.81. The molecule has 206 valence electrons. The molecule has 0 spiro atoms. The third kappa shape index (κ3) is 7.11. The molecule has 8 heteroatoms. The van der Waals surface area contributed by atoms with Crippen LogP contribution in [0.25, 0.3) is 0 Å². The maximum Gasteiger partial charge on any atom is 0.324 e. The minimum Gasteiger partial charge on any atom is -0.496 e. The normalized spacial score (nSPS) is 15.4. The standard InChI is InChI=1S/C30H41N3O5/c1-31(2)29(34)19-23-11-12-24(27(18-23)37-4)21-32-15-7-16-33(30(32)35)25-13-14-26(36-3)28(20-25)38-17-6-5-8-22-9-10-22/h11-14,18,20,22H,5-10,15-17,19,21H2,1-4H3. The number of ether oxygens (including phenoxy) is 3. The van der Waals surface area contributed by atoms with Crippen molar-refractivity contribution in [2.45, 2.75) is 51.5 Å². The lowest BCUT2D eigenvalue weighted by molar-refractivity contribution is -0.127. The molecule has 2 aromatic rings. The molecule has 2 aliphatic rings. The fourth-order valence-corrected chi connectivity index (χ4v) is 4.81. The molecular formula is C30H41N3O5.